The van der Waals surface area contributed by atoms with Crippen LogP contribution in [-0.4, -0.2) is 26.3 Å². The van der Waals surface area contributed by atoms with Crippen LogP contribution in [0.1, 0.15) is 12.5 Å². The van der Waals surface area contributed by atoms with Gasteiger partial charge >= 0.3 is 0 Å². The maximum absolute atomic E-state index is 12.1. The third-order valence-corrected chi connectivity index (χ3v) is 4.03. The van der Waals surface area contributed by atoms with Crippen LogP contribution in [0.2, 0.25) is 5.02 Å². The first kappa shape index (κ1) is 15.5. The van der Waals surface area contributed by atoms with Crippen molar-refractivity contribution >= 4 is 35.0 Å². The van der Waals surface area contributed by atoms with E-state index in [1.807, 2.05) is 13.0 Å². The highest BCUT2D eigenvalue weighted by molar-refractivity contribution is 8.00. The molecule has 0 fully saturated rings. The van der Waals surface area contributed by atoms with Gasteiger partial charge in [-0.15, -0.1) is 5.10 Å². The summed E-state index contributed by atoms with van der Waals surface area (Å²) in [5.74, 6) is -0.216. The molecule has 1 heterocycles. The van der Waals surface area contributed by atoms with E-state index in [1.165, 1.54) is 0 Å². The average molecular weight is 325 g/mol. The lowest BCUT2D eigenvalue weighted by Gasteiger charge is -2.11. The fraction of sp³-hybridized carbons (Fsp3) is 0.231. The molecule has 110 valence electrons. The molecular formula is C13H13ClN4O2S. The summed E-state index contributed by atoms with van der Waals surface area (Å²) in [5.41, 5.74) is 1.20. The standard InChI is InChI=1S/C13H13ClN4O2S/c1-7-3-4-9(5-10(7)14)16-12(20)8(2)21-13-17-11(19)6-15-18-13/h3-6,8H,1-2H3,(H,16,20)(H,17,18,19). The van der Waals surface area contributed by atoms with Gasteiger partial charge in [-0.1, -0.05) is 29.4 Å². The molecule has 1 aromatic heterocycles. The number of aryl methyl sites for hydroxylation is 1. The number of carbonyl (C=O) groups is 1. The van der Waals surface area contributed by atoms with Crippen molar-refractivity contribution in [1.82, 2.24) is 15.2 Å². The number of amides is 1. The number of aromatic nitrogens is 3. The van der Waals surface area contributed by atoms with Crippen molar-refractivity contribution in [3.8, 4) is 0 Å². The first-order valence-corrected chi connectivity index (χ1v) is 7.37. The van der Waals surface area contributed by atoms with Crippen molar-refractivity contribution in [2.24, 2.45) is 0 Å². The van der Waals surface area contributed by atoms with Crippen molar-refractivity contribution in [3.05, 3.63) is 45.3 Å². The molecule has 2 N–H and O–H groups in total. The van der Waals surface area contributed by atoms with Gasteiger partial charge in [-0.05, 0) is 31.5 Å². The Balaban J connectivity index is 2.02. The van der Waals surface area contributed by atoms with Gasteiger partial charge in [-0.3, -0.25) is 14.6 Å². The van der Waals surface area contributed by atoms with E-state index in [4.69, 9.17) is 11.6 Å². The molecule has 1 amide bonds. The lowest BCUT2D eigenvalue weighted by Crippen LogP contribution is -2.23. The number of halogens is 1. The van der Waals surface area contributed by atoms with E-state index in [-0.39, 0.29) is 11.5 Å². The number of aromatic amines is 1. The van der Waals surface area contributed by atoms with E-state index in [9.17, 15) is 9.59 Å². The minimum atomic E-state index is -0.447. The molecule has 1 aromatic carbocycles. The third-order valence-electron chi connectivity index (χ3n) is 2.65. The SMILES string of the molecule is Cc1ccc(NC(=O)C(C)Sc2nncc(=O)[nH]2)cc1Cl. The number of thioether (sulfide) groups is 1. The van der Waals surface area contributed by atoms with Gasteiger partial charge in [0.05, 0.1) is 5.25 Å². The molecule has 0 saturated heterocycles. The maximum atomic E-state index is 12.1. The van der Waals surface area contributed by atoms with Gasteiger partial charge in [0.25, 0.3) is 5.56 Å². The molecule has 0 radical (unpaired) electrons. The first-order valence-electron chi connectivity index (χ1n) is 6.11. The van der Waals surface area contributed by atoms with Gasteiger partial charge in [-0.25, -0.2) is 0 Å². The van der Waals surface area contributed by atoms with E-state index < -0.39 is 5.25 Å². The van der Waals surface area contributed by atoms with E-state index in [0.717, 1.165) is 23.5 Å². The predicted octanol–water partition coefficient (Wildman–Crippen LogP) is 2.25. The molecule has 0 aliphatic carbocycles. The number of H-pyrrole nitrogens is 1. The zero-order chi connectivity index (χ0) is 15.4. The summed E-state index contributed by atoms with van der Waals surface area (Å²) in [7, 11) is 0. The molecule has 1 atom stereocenters. The summed E-state index contributed by atoms with van der Waals surface area (Å²) in [6, 6.07) is 5.30. The summed E-state index contributed by atoms with van der Waals surface area (Å²) >= 11 is 7.13. The predicted molar refractivity (Wildman–Crippen MR) is 82.8 cm³/mol. The Morgan fingerprint density at radius 3 is 2.90 bits per heavy atom. The zero-order valence-electron chi connectivity index (χ0n) is 11.4. The Labute approximate surface area is 130 Å². The number of rotatable bonds is 4. The number of carbonyl (C=O) groups excluding carboxylic acids is 1. The van der Waals surface area contributed by atoms with Crippen molar-refractivity contribution in [1.29, 1.82) is 0 Å². The van der Waals surface area contributed by atoms with E-state index >= 15 is 0 Å². The monoisotopic (exact) mass is 324 g/mol. The van der Waals surface area contributed by atoms with Crippen molar-refractivity contribution in [2.45, 2.75) is 24.3 Å². The van der Waals surface area contributed by atoms with Gasteiger partial charge in [0.1, 0.15) is 6.20 Å². The van der Waals surface area contributed by atoms with Crippen LogP contribution in [-0.2, 0) is 4.79 Å². The summed E-state index contributed by atoms with van der Waals surface area (Å²) < 4.78 is 0. The molecule has 21 heavy (non-hydrogen) atoms. The number of nitrogens with zero attached hydrogens (tertiary/aromatic N) is 2. The number of nitrogens with one attached hydrogen (secondary N) is 2. The van der Waals surface area contributed by atoms with Gasteiger partial charge in [-0.2, -0.15) is 5.10 Å². The molecule has 0 aliphatic rings. The third kappa shape index (κ3) is 4.30. The van der Waals surface area contributed by atoms with Crippen LogP contribution in [0, 0.1) is 6.92 Å². The molecule has 0 aliphatic heterocycles. The Hall–Kier alpha value is -1.86. The van der Waals surface area contributed by atoms with Gasteiger partial charge in [0.2, 0.25) is 5.91 Å². The van der Waals surface area contributed by atoms with Crippen LogP contribution in [0.3, 0.4) is 0 Å². The second kappa shape index (κ2) is 6.73. The van der Waals surface area contributed by atoms with Crippen LogP contribution >= 0.6 is 23.4 Å². The van der Waals surface area contributed by atoms with Crippen LogP contribution in [0.4, 0.5) is 5.69 Å². The number of hydrogen-bond acceptors (Lipinski definition) is 5. The molecule has 0 bridgehead atoms. The van der Waals surface area contributed by atoms with Gasteiger partial charge in [0, 0.05) is 10.7 Å². The molecule has 2 aromatic rings. The van der Waals surface area contributed by atoms with E-state index in [2.05, 4.69) is 20.5 Å². The quantitative estimate of drug-likeness (QED) is 0.842. The highest BCUT2D eigenvalue weighted by atomic mass is 35.5. The maximum Gasteiger partial charge on any atom is 0.270 e. The highest BCUT2D eigenvalue weighted by Gasteiger charge is 2.16. The lowest BCUT2D eigenvalue weighted by molar-refractivity contribution is -0.115. The first-order chi connectivity index (χ1) is 9.95. The highest BCUT2D eigenvalue weighted by Crippen LogP contribution is 2.22. The Morgan fingerprint density at radius 1 is 1.48 bits per heavy atom. The molecule has 0 spiro atoms. The Bertz CT molecular complexity index is 719. The number of hydrogen-bond donors (Lipinski definition) is 2. The van der Waals surface area contributed by atoms with Crippen molar-refractivity contribution < 1.29 is 4.79 Å². The zero-order valence-corrected chi connectivity index (χ0v) is 13.0. The molecule has 2 rings (SSSR count). The van der Waals surface area contributed by atoms with Gasteiger partial charge < -0.3 is 5.32 Å². The minimum absolute atomic E-state index is 0.216. The van der Waals surface area contributed by atoms with Crippen molar-refractivity contribution in [3.63, 3.8) is 0 Å². The Kier molecular flexibility index (Phi) is 4.98. The minimum Gasteiger partial charge on any atom is -0.325 e. The number of anilines is 1. The van der Waals surface area contributed by atoms with Crippen LogP contribution in [0.25, 0.3) is 0 Å². The Morgan fingerprint density at radius 2 is 2.24 bits per heavy atom. The van der Waals surface area contributed by atoms with Crippen LogP contribution in [0.5, 0.6) is 0 Å². The van der Waals surface area contributed by atoms with Crippen LogP contribution in [0.15, 0.2) is 34.3 Å². The molecule has 1 unspecified atom stereocenters. The fourth-order valence-electron chi connectivity index (χ4n) is 1.48. The summed E-state index contributed by atoms with van der Waals surface area (Å²) in [6.07, 6.45) is 1.07. The topological polar surface area (TPSA) is 87.7 Å². The fourth-order valence-corrected chi connectivity index (χ4v) is 2.42. The van der Waals surface area contributed by atoms with E-state index in [0.29, 0.717) is 15.9 Å². The normalized spacial score (nSPS) is 12.0. The summed E-state index contributed by atoms with van der Waals surface area (Å²) in [6.45, 7) is 3.60. The lowest BCUT2D eigenvalue weighted by atomic mass is 10.2. The van der Waals surface area contributed by atoms with E-state index in [1.54, 1.807) is 19.1 Å². The molecule has 0 saturated carbocycles. The summed E-state index contributed by atoms with van der Waals surface area (Å²) in [4.78, 5) is 25.7. The second-order valence-corrected chi connectivity index (χ2v) is 6.09. The molecule has 6 nitrogen and oxygen atoms in total. The second-order valence-electron chi connectivity index (χ2n) is 4.35. The van der Waals surface area contributed by atoms with Gasteiger partial charge in [0.15, 0.2) is 5.16 Å². The molecule has 8 heteroatoms. The number of benzene rings is 1. The molecular weight excluding hydrogens is 312 g/mol. The van der Waals surface area contributed by atoms with Crippen molar-refractivity contribution in [2.75, 3.05) is 5.32 Å². The largest absolute Gasteiger partial charge is 0.325 e. The summed E-state index contributed by atoms with van der Waals surface area (Å²) in [5, 5.41) is 10.5. The smallest absolute Gasteiger partial charge is 0.270 e. The van der Waals surface area contributed by atoms with Crippen LogP contribution < -0.4 is 10.9 Å². The average Bonchev–Trinajstić information content (AvgIpc) is 2.43.